The van der Waals surface area contributed by atoms with Gasteiger partial charge in [0.25, 0.3) is 0 Å². The minimum atomic E-state index is -1.07. The average molecular weight is 222 g/mol. The number of carboxylic acids is 1. The van der Waals surface area contributed by atoms with Gasteiger partial charge in [0.05, 0.1) is 13.3 Å². The molecule has 1 aliphatic carbocycles. The van der Waals surface area contributed by atoms with E-state index in [-0.39, 0.29) is 11.4 Å². The van der Waals surface area contributed by atoms with Gasteiger partial charge in [0.15, 0.2) is 11.4 Å². The third-order valence-corrected chi connectivity index (χ3v) is 2.92. The minimum absolute atomic E-state index is 0.0422. The number of aromatic nitrogens is 2. The van der Waals surface area contributed by atoms with Gasteiger partial charge in [-0.2, -0.15) is 0 Å². The first-order chi connectivity index (χ1) is 7.72. The molecule has 1 aromatic heterocycles. The highest BCUT2D eigenvalue weighted by atomic mass is 16.5. The van der Waals surface area contributed by atoms with Crippen LogP contribution >= 0.6 is 0 Å². The van der Waals surface area contributed by atoms with Gasteiger partial charge < -0.3 is 9.84 Å². The van der Waals surface area contributed by atoms with Crippen molar-refractivity contribution >= 4 is 5.97 Å². The third-order valence-electron chi connectivity index (χ3n) is 2.92. The van der Waals surface area contributed by atoms with Crippen LogP contribution in [0.15, 0.2) is 6.20 Å². The van der Waals surface area contributed by atoms with E-state index in [0.717, 1.165) is 12.8 Å². The summed E-state index contributed by atoms with van der Waals surface area (Å²) in [5.74, 6) is 0.0902. The van der Waals surface area contributed by atoms with Crippen molar-refractivity contribution in [1.29, 1.82) is 0 Å². The molecule has 1 fully saturated rings. The monoisotopic (exact) mass is 222 g/mol. The molecule has 2 rings (SSSR count). The van der Waals surface area contributed by atoms with Crippen LogP contribution in [0, 0.1) is 0 Å². The molecular weight excluding hydrogens is 208 g/mol. The van der Waals surface area contributed by atoms with Gasteiger partial charge >= 0.3 is 5.97 Å². The van der Waals surface area contributed by atoms with Crippen LogP contribution in [0.1, 0.15) is 47.9 Å². The Morgan fingerprint density at radius 2 is 2.19 bits per heavy atom. The Kier molecular flexibility index (Phi) is 3.03. The van der Waals surface area contributed by atoms with Gasteiger partial charge in [0.2, 0.25) is 0 Å². The summed E-state index contributed by atoms with van der Waals surface area (Å²) in [6, 6.07) is 0. The molecule has 1 heterocycles. The normalized spacial score (nSPS) is 16.3. The number of hydrogen-bond acceptors (Lipinski definition) is 4. The standard InChI is InChI=1S/C11H14N2O3/c1-16-8-6-12-10(7-4-2-3-5-7)13-9(8)11(14)15/h6-7H,2-5H2,1H3,(H,14,15). The van der Waals surface area contributed by atoms with Crippen LogP contribution in [0.4, 0.5) is 0 Å². The van der Waals surface area contributed by atoms with Crippen LogP contribution < -0.4 is 4.74 Å². The van der Waals surface area contributed by atoms with Crippen molar-refractivity contribution in [1.82, 2.24) is 9.97 Å². The number of rotatable bonds is 3. The molecule has 0 saturated heterocycles. The molecule has 0 radical (unpaired) electrons. The lowest BCUT2D eigenvalue weighted by molar-refractivity contribution is 0.0685. The summed E-state index contributed by atoms with van der Waals surface area (Å²) in [6.07, 6.45) is 5.88. The van der Waals surface area contributed by atoms with Crippen molar-refractivity contribution in [3.05, 3.63) is 17.7 Å². The molecule has 0 amide bonds. The van der Waals surface area contributed by atoms with Gasteiger partial charge in [-0.1, -0.05) is 12.8 Å². The number of carbonyl (C=O) groups is 1. The van der Waals surface area contributed by atoms with Crippen LogP contribution in [-0.2, 0) is 0 Å². The van der Waals surface area contributed by atoms with E-state index in [1.165, 1.54) is 26.1 Å². The Morgan fingerprint density at radius 3 is 2.75 bits per heavy atom. The van der Waals surface area contributed by atoms with E-state index in [4.69, 9.17) is 9.84 Å². The van der Waals surface area contributed by atoms with Crippen LogP contribution in [0.5, 0.6) is 5.75 Å². The number of ether oxygens (including phenoxy) is 1. The number of nitrogens with zero attached hydrogens (tertiary/aromatic N) is 2. The molecule has 1 aromatic rings. The summed E-state index contributed by atoms with van der Waals surface area (Å²) in [5, 5.41) is 8.99. The largest absolute Gasteiger partial charge is 0.493 e. The molecule has 1 saturated carbocycles. The molecule has 0 unspecified atom stereocenters. The maximum atomic E-state index is 11.0. The Hall–Kier alpha value is -1.65. The van der Waals surface area contributed by atoms with E-state index < -0.39 is 5.97 Å². The third kappa shape index (κ3) is 1.98. The highest BCUT2D eigenvalue weighted by molar-refractivity contribution is 5.88. The Labute approximate surface area is 93.5 Å². The predicted molar refractivity (Wildman–Crippen MR) is 56.8 cm³/mol. The quantitative estimate of drug-likeness (QED) is 0.844. The molecule has 1 N–H and O–H groups in total. The molecular formula is C11H14N2O3. The molecule has 0 atom stereocenters. The lowest BCUT2D eigenvalue weighted by Gasteiger charge is -2.09. The Balaban J connectivity index is 2.34. The smallest absolute Gasteiger partial charge is 0.358 e. The second kappa shape index (κ2) is 4.47. The number of aromatic carboxylic acids is 1. The second-order valence-corrected chi connectivity index (χ2v) is 3.93. The molecule has 16 heavy (non-hydrogen) atoms. The fourth-order valence-electron chi connectivity index (χ4n) is 2.07. The van der Waals surface area contributed by atoms with Gasteiger partial charge in [0, 0.05) is 5.92 Å². The van der Waals surface area contributed by atoms with Crippen molar-refractivity contribution < 1.29 is 14.6 Å². The number of hydrogen-bond donors (Lipinski definition) is 1. The number of carboxylic acid groups (broad SMARTS) is 1. The summed E-state index contributed by atoms with van der Waals surface area (Å²) in [7, 11) is 1.42. The van der Waals surface area contributed by atoms with Gasteiger partial charge in [-0.05, 0) is 12.8 Å². The zero-order valence-electron chi connectivity index (χ0n) is 9.14. The van der Waals surface area contributed by atoms with Crippen molar-refractivity contribution in [2.24, 2.45) is 0 Å². The SMILES string of the molecule is COc1cnc(C2CCCC2)nc1C(=O)O. The molecule has 5 nitrogen and oxygen atoms in total. The van der Waals surface area contributed by atoms with Crippen LogP contribution in [0.3, 0.4) is 0 Å². The second-order valence-electron chi connectivity index (χ2n) is 3.93. The van der Waals surface area contributed by atoms with E-state index in [1.54, 1.807) is 0 Å². The van der Waals surface area contributed by atoms with Crippen molar-refractivity contribution in [3.8, 4) is 5.75 Å². The summed E-state index contributed by atoms with van der Waals surface area (Å²) in [6.45, 7) is 0. The highest BCUT2D eigenvalue weighted by Gasteiger charge is 2.22. The summed E-state index contributed by atoms with van der Waals surface area (Å²) < 4.78 is 4.92. The van der Waals surface area contributed by atoms with E-state index in [9.17, 15) is 4.79 Å². The fraction of sp³-hybridized carbons (Fsp3) is 0.545. The zero-order valence-corrected chi connectivity index (χ0v) is 9.14. The molecule has 0 spiro atoms. The van der Waals surface area contributed by atoms with E-state index >= 15 is 0 Å². The first kappa shape index (κ1) is 10.9. The van der Waals surface area contributed by atoms with Crippen LogP contribution in [0.2, 0.25) is 0 Å². The van der Waals surface area contributed by atoms with Crippen LogP contribution in [-0.4, -0.2) is 28.2 Å². The Bertz CT molecular complexity index is 400. The predicted octanol–water partition coefficient (Wildman–Crippen LogP) is 1.84. The van der Waals surface area contributed by atoms with Gasteiger partial charge in [-0.15, -0.1) is 0 Å². The molecule has 0 aromatic carbocycles. The van der Waals surface area contributed by atoms with E-state index in [1.807, 2.05) is 0 Å². The maximum Gasteiger partial charge on any atom is 0.358 e. The van der Waals surface area contributed by atoms with Crippen LogP contribution in [0.25, 0.3) is 0 Å². The molecule has 0 aliphatic heterocycles. The highest BCUT2D eigenvalue weighted by Crippen LogP contribution is 2.32. The molecule has 1 aliphatic rings. The Morgan fingerprint density at radius 1 is 1.50 bits per heavy atom. The summed E-state index contributed by atoms with van der Waals surface area (Å²) in [5.41, 5.74) is -0.0422. The van der Waals surface area contributed by atoms with E-state index in [2.05, 4.69) is 9.97 Å². The lowest BCUT2D eigenvalue weighted by atomic mass is 10.1. The minimum Gasteiger partial charge on any atom is -0.493 e. The van der Waals surface area contributed by atoms with Crippen molar-refractivity contribution in [3.63, 3.8) is 0 Å². The first-order valence-corrected chi connectivity index (χ1v) is 5.36. The molecule has 0 bridgehead atoms. The van der Waals surface area contributed by atoms with Gasteiger partial charge in [-0.3, -0.25) is 0 Å². The average Bonchev–Trinajstić information content (AvgIpc) is 2.81. The summed E-state index contributed by atoms with van der Waals surface area (Å²) in [4.78, 5) is 19.2. The molecule has 86 valence electrons. The maximum absolute atomic E-state index is 11.0. The first-order valence-electron chi connectivity index (χ1n) is 5.36. The topological polar surface area (TPSA) is 72.3 Å². The van der Waals surface area contributed by atoms with Gasteiger partial charge in [0.1, 0.15) is 5.82 Å². The fourth-order valence-corrected chi connectivity index (χ4v) is 2.07. The van der Waals surface area contributed by atoms with Crippen molar-refractivity contribution in [2.75, 3.05) is 7.11 Å². The molecule has 5 heteroatoms. The van der Waals surface area contributed by atoms with Gasteiger partial charge in [-0.25, -0.2) is 14.8 Å². The lowest BCUT2D eigenvalue weighted by Crippen LogP contribution is -2.09. The van der Waals surface area contributed by atoms with Crippen molar-refractivity contribution in [2.45, 2.75) is 31.6 Å². The zero-order chi connectivity index (χ0) is 11.5. The number of methoxy groups -OCH3 is 1. The van der Waals surface area contributed by atoms with E-state index in [0.29, 0.717) is 11.7 Å². The summed E-state index contributed by atoms with van der Waals surface area (Å²) >= 11 is 0.